The highest BCUT2D eigenvalue weighted by Gasteiger charge is 2.37. The lowest BCUT2D eigenvalue weighted by molar-refractivity contribution is -0.126. The number of anilines is 1. The maximum atomic E-state index is 15.4. The molecule has 0 radical (unpaired) electrons. The van der Waals surface area contributed by atoms with Crippen molar-refractivity contribution in [3.05, 3.63) is 46.7 Å². The molecule has 1 unspecified atom stereocenters. The molecule has 1 aliphatic carbocycles. The lowest BCUT2D eigenvalue weighted by Crippen LogP contribution is -2.41. The van der Waals surface area contributed by atoms with Crippen molar-refractivity contribution in [3.63, 3.8) is 0 Å². The first-order chi connectivity index (χ1) is 19.6. The third-order valence-corrected chi connectivity index (χ3v) is 10.3. The Balaban J connectivity index is 1.47. The first kappa shape index (κ1) is 29.1. The number of thiazole rings is 1. The number of rotatable bonds is 10. The van der Waals surface area contributed by atoms with E-state index >= 15 is 4.39 Å². The van der Waals surface area contributed by atoms with E-state index < -0.39 is 38.5 Å². The number of aromatic nitrogens is 1. The van der Waals surface area contributed by atoms with Gasteiger partial charge in [-0.05, 0) is 55.0 Å². The third kappa shape index (κ3) is 6.41. The van der Waals surface area contributed by atoms with Crippen molar-refractivity contribution in [1.82, 2.24) is 15.6 Å². The van der Waals surface area contributed by atoms with E-state index in [1.165, 1.54) is 20.1 Å². The summed E-state index contributed by atoms with van der Waals surface area (Å²) >= 11 is 0.988. The number of ether oxygens (including phenoxy) is 1. The first-order valence-electron chi connectivity index (χ1n) is 13.4. The number of benzene rings is 2. The van der Waals surface area contributed by atoms with Gasteiger partial charge in [0.2, 0.25) is 17.7 Å². The number of nitrogens with one attached hydrogen (secondary N) is 2. The van der Waals surface area contributed by atoms with Gasteiger partial charge in [-0.15, -0.1) is 11.3 Å². The Hall–Kier alpha value is -3.42. The number of hydrogen-bond acceptors (Lipinski definition) is 8. The van der Waals surface area contributed by atoms with Crippen LogP contribution in [0.5, 0.6) is 0 Å². The highest BCUT2D eigenvalue weighted by molar-refractivity contribution is 7.92. The van der Waals surface area contributed by atoms with Crippen LogP contribution in [-0.4, -0.2) is 69.7 Å². The van der Waals surface area contributed by atoms with Gasteiger partial charge in [0.1, 0.15) is 10.8 Å². The van der Waals surface area contributed by atoms with E-state index in [0.29, 0.717) is 22.4 Å². The second-order valence-electron chi connectivity index (χ2n) is 10.3. The fourth-order valence-corrected chi connectivity index (χ4v) is 7.86. The number of hydrogen-bond donors (Lipinski definition) is 2. The number of carbonyl (C=O) groups is 3. The van der Waals surface area contributed by atoms with Gasteiger partial charge in [-0.25, -0.2) is 17.8 Å². The number of fused-ring (bicyclic) bond motifs is 2. The van der Waals surface area contributed by atoms with Gasteiger partial charge < -0.3 is 20.3 Å². The van der Waals surface area contributed by atoms with Crippen molar-refractivity contribution in [3.8, 4) is 11.1 Å². The largest absolute Gasteiger partial charge is 0.384 e. The maximum Gasteiger partial charge on any atom is 0.245 e. The maximum absolute atomic E-state index is 15.4. The van der Waals surface area contributed by atoms with Gasteiger partial charge in [0.25, 0.3) is 0 Å². The zero-order chi connectivity index (χ0) is 29.3. The summed E-state index contributed by atoms with van der Waals surface area (Å²) in [5.74, 6) is -2.31. The second kappa shape index (κ2) is 11.8. The standard InChI is InChI=1S/C28H31FN4O6S2/c1-16(34)33-9-3-4-18-12-17(5-8-23(18)33)20-13-24-22(14-21(20)29)32-28(40-24)26(41(37,38)11-10-39-2)27(36)30-15-25(35)31-19-6-7-19/h5,8,12-14,19,26H,3-4,6-7,9-11,15H2,1-2H3,(H,30,36)(H,31,35). The zero-order valence-electron chi connectivity index (χ0n) is 22.7. The molecule has 1 aromatic heterocycles. The summed E-state index contributed by atoms with van der Waals surface area (Å²) < 4.78 is 47.3. The minimum atomic E-state index is -4.08. The average Bonchev–Trinajstić information content (AvgIpc) is 3.66. The fraction of sp³-hybridized carbons (Fsp3) is 0.429. The third-order valence-electron chi connectivity index (χ3n) is 7.14. The van der Waals surface area contributed by atoms with Crippen LogP contribution >= 0.6 is 11.3 Å². The molecule has 1 saturated carbocycles. The summed E-state index contributed by atoms with van der Waals surface area (Å²) in [6.07, 6.45) is 3.32. The van der Waals surface area contributed by atoms with Gasteiger partial charge >= 0.3 is 0 Å². The molecule has 1 atom stereocenters. The van der Waals surface area contributed by atoms with E-state index in [2.05, 4.69) is 15.6 Å². The second-order valence-corrected chi connectivity index (χ2v) is 13.5. The molecule has 1 fully saturated rings. The van der Waals surface area contributed by atoms with Gasteiger partial charge in [-0.2, -0.15) is 0 Å². The smallest absolute Gasteiger partial charge is 0.245 e. The molecule has 0 spiro atoms. The van der Waals surface area contributed by atoms with Crippen LogP contribution in [0.4, 0.5) is 10.1 Å². The van der Waals surface area contributed by atoms with Crippen LogP contribution in [0.2, 0.25) is 0 Å². The summed E-state index contributed by atoms with van der Waals surface area (Å²) in [7, 11) is -2.73. The van der Waals surface area contributed by atoms with E-state index in [1.54, 1.807) is 17.0 Å². The summed E-state index contributed by atoms with van der Waals surface area (Å²) in [5, 5.41) is 3.46. The Morgan fingerprint density at radius 1 is 1.22 bits per heavy atom. The molecule has 5 rings (SSSR count). The van der Waals surface area contributed by atoms with Crippen LogP contribution < -0.4 is 15.5 Å². The van der Waals surface area contributed by atoms with Crippen LogP contribution in [0.3, 0.4) is 0 Å². The Morgan fingerprint density at radius 2 is 2.00 bits per heavy atom. The van der Waals surface area contributed by atoms with Crippen LogP contribution in [0, 0.1) is 5.82 Å². The molecule has 3 amide bonds. The molecule has 0 bridgehead atoms. The Morgan fingerprint density at radius 3 is 2.71 bits per heavy atom. The minimum absolute atomic E-state index is 0.0182. The van der Waals surface area contributed by atoms with Gasteiger partial charge in [0.15, 0.2) is 15.1 Å². The number of halogens is 1. The summed E-state index contributed by atoms with van der Waals surface area (Å²) in [5.41, 5.74) is 2.90. The molecule has 2 heterocycles. The fourth-order valence-electron chi connectivity index (χ4n) is 4.90. The van der Waals surface area contributed by atoms with Crippen LogP contribution in [0.15, 0.2) is 30.3 Å². The predicted molar refractivity (Wildman–Crippen MR) is 154 cm³/mol. The molecule has 13 heteroatoms. The highest BCUT2D eigenvalue weighted by atomic mass is 32.2. The Kier molecular flexibility index (Phi) is 8.39. The molecule has 3 aromatic rings. The number of aryl methyl sites for hydroxylation is 1. The monoisotopic (exact) mass is 602 g/mol. The van der Waals surface area contributed by atoms with Crippen molar-refractivity contribution in [2.45, 2.75) is 43.9 Å². The summed E-state index contributed by atoms with van der Waals surface area (Å²) in [6.45, 7) is 1.66. The number of amides is 3. The molecule has 10 nitrogen and oxygen atoms in total. The highest BCUT2D eigenvalue weighted by Crippen LogP contribution is 2.37. The van der Waals surface area contributed by atoms with Crippen LogP contribution in [-0.2, 0) is 35.4 Å². The van der Waals surface area contributed by atoms with E-state index in [0.717, 1.165) is 48.3 Å². The van der Waals surface area contributed by atoms with Gasteiger partial charge in [-0.1, -0.05) is 6.07 Å². The summed E-state index contributed by atoms with van der Waals surface area (Å²) in [6, 6.07) is 8.36. The molecule has 2 aromatic carbocycles. The van der Waals surface area contributed by atoms with E-state index in [4.69, 9.17) is 4.74 Å². The molecular weight excluding hydrogens is 571 g/mol. The van der Waals surface area contributed by atoms with Crippen LogP contribution in [0.1, 0.15) is 42.0 Å². The Labute approximate surface area is 241 Å². The molecule has 2 N–H and O–H groups in total. The zero-order valence-corrected chi connectivity index (χ0v) is 24.4. The summed E-state index contributed by atoms with van der Waals surface area (Å²) in [4.78, 5) is 43.3. The number of methoxy groups -OCH3 is 1. The lowest BCUT2D eigenvalue weighted by Gasteiger charge is -2.29. The molecule has 2 aliphatic rings. The van der Waals surface area contributed by atoms with E-state index in [-0.39, 0.29) is 35.6 Å². The van der Waals surface area contributed by atoms with Crippen molar-refractivity contribution in [2.75, 3.05) is 37.5 Å². The molecule has 0 saturated heterocycles. The van der Waals surface area contributed by atoms with Crippen LogP contribution in [0.25, 0.3) is 21.3 Å². The SMILES string of the molecule is COCCS(=O)(=O)C(C(=O)NCC(=O)NC1CC1)c1nc2cc(F)c(-c3ccc4c(c3)CCCN4C(C)=O)cc2s1. The molecule has 218 valence electrons. The average molecular weight is 603 g/mol. The van der Waals surface area contributed by atoms with E-state index in [1.807, 2.05) is 12.1 Å². The topological polar surface area (TPSA) is 135 Å². The number of nitrogens with zero attached hydrogens (tertiary/aromatic N) is 2. The van der Waals surface area contributed by atoms with Crippen molar-refractivity contribution in [2.24, 2.45) is 0 Å². The molecule has 1 aliphatic heterocycles. The minimum Gasteiger partial charge on any atom is -0.384 e. The van der Waals surface area contributed by atoms with Gasteiger partial charge in [0.05, 0.1) is 29.1 Å². The predicted octanol–water partition coefficient (Wildman–Crippen LogP) is 2.90. The van der Waals surface area contributed by atoms with Crippen molar-refractivity contribution < 1.29 is 31.9 Å². The van der Waals surface area contributed by atoms with Gasteiger partial charge in [0, 0.05) is 43.9 Å². The normalized spacial score (nSPS) is 15.8. The molecule has 41 heavy (non-hydrogen) atoms. The van der Waals surface area contributed by atoms with Crippen molar-refractivity contribution >= 4 is 54.8 Å². The quantitative estimate of drug-likeness (QED) is 0.364. The first-order valence-corrected chi connectivity index (χ1v) is 15.9. The number of carbonyl (C=O) groups excluding carboxylic acids is 3. The van der Waals surface area contributed by atoms with Crippen molar-refractivity contribution in [1.29, 1.82) is 0 Å². The Bertz CT molecular complexity index is 1620. The number of sulfone groups is 1. The van der Waals surface area contributed by atoms with E-state index in [9.17, 15) is 22.8 Å². The lowest BCUT2D eigenvalue weighted by atomic mass is 9.96. The van der Waals surface area contributed by atoms with Gasteiger partial charge in [-0.3, -0.25) is 14.4 Å². The molecular formula is C28H31FN4O6S2.